The van der Waals surface area contributed by atoms with Gasteiger partial charge in [0, 0.05) is 26.7 Å². The number of carbonyl (C=O) groups excluding carboxylic acids is 3. The van der Waals surface area contributed by atoms with Crippen LogP contribution in [0.15, 0.2) is 29.3 Å². The second kappa shape index (κ2) is 7.12. The molecule has 0 bridgehead atoms. The molecule has 4 amide bonds. The smallest absolute Gasteiger partial charge is 0.332 e. The lowest BCUT2D eigenvalue weighted by Crippen LogP contribution is -2.57. The fourth-order valence-corrected chi connectivity index (χ4v) is 2.31. The highest BCUT2D eigenvalue weighted by Gasteiger charge is 2.41. The lowest BCUT2D eigenvalue weighted by atomic mass is 10.0. The van der Waals surface area contributed by atoms with Gasteiger partial charge in [0.15, 0.2) is 12.0 Å². The Morgan fingerprint density at radius 2 is 1.68 bits per heavy atom. The summed E-state index contributed by atoms with van der Waals surface area (Å²) in [7, 11) is 2.47. The molecule has 1 heterocycles. The van der Waals surface area contributed by atoms with Crippen LogP contribution in [0.1, 0.15) is 5.56 Å². The maximum Gasteiger partial charge on any atom is 0.332 e. The van der Waals surface area contributed by atoms with E-state index in [-0.39, 0.29) is 12.2 Å². The molecule has 0 aromatic heterocycles. The van der Waals surface area contributed by atoms with E-state index in [1.54, 1.807) is 12.1 Å². The molecule has 0 unspecified atom stereocenters. The quantitative estimate of drug-likeness (QED) is 0.575. The van der Waals surface area contributed by atoms with Gasteiger partial charge in [0.25, 0.3) is 0 Å². The number of aliphatic imine (C=N–C) groups is 1. The van der Waals surface area contributed by atoms with Crippen molar-refractivity contribution < 1.29 is 29.4 Å². The van der Waals surface area contributed by atoms with Gasteiger partial charge in [0.2, 0.25) is 11.8 Å². The number of carbonyl (C=O) groups is 4. The molecule has 9 heteroatoms. The SMILES string of the molecule is CN1C(=O)C(C=N[C@H](Cc2ccc(O)cc2)C(=O)O)C(=O)N(C)C1=O. The first kappa shape index (κ1) is 18.1. The van der Waals surface area contributed by atoms with Crippen LogP contribution in [-0.4, -0.2) is 70.2 Å². The Labute approximate surface area is 143 Å². The van der Waals surface area contributed by atoms with Crippen LogP contribution < -0.4 is 0 Å². The van der Waals surface area contributed by atoms with Crippen molar-refractivity contribution in [1.29, 1.82) is 0 Å². The molecule has 2 rings (SSSR count). The van der Waals surface area contributed by atoms with E-state index in [2.05, 4.69) is 4.99 Å². The van der Waals surface area contributed by atoms with E-state index < -0.39 is 35.8 Å². The highest BCUT2D eigenvalue weighted by Crippen LogP contribution is 2.16. The van der Waals surface area contributed by atoms with Gasteiger partial charge in [-0.25, -0.2) is 9.59 Å². The number of phenols is 1. The Bertz CT molecular complexity index is 719. The molecular formula is C16H17N3O6. The number of carboxylic acid groups (broad SMARTS) is 1. The molecule has 0 saturated carbocycles. The van der Waals surface area contributed by atoms with Gasteiger partial charge >= 0.3 is 12.0 Å². The molecule has 2 N–H and O–H groups in total. The molecule has 0 radical (unpaired) electrons. The zero-order chi connectivity index (χ0) is 18.7. The number of phenolic OH excluding ortho intramolecular Hbond substituents is 1. The third-order valence-electron chi connectivity index (χ3n) is 3.83. The lowest BCUT2D eigenvalue weighted by Gasteiger charge is -2.31. The number of hydrogen-bond donors (Lipinski definition) is 2. The lowest BCUT2D eigenvalue weighted by molar-refractivity contribution is -0.144. The largest absolute Gasteiger partial charge is 0.508 e. The van der Waals surface area contributed by atoms with Crippen LogP contribution >= 0.6 is 0 Å². The first-order valence-electron chi connectivity index (χ1n) is 7.35. The second-order valence-corrected chi connectivity index (χ2v) is 5.58. The molecular weight excluding hydrogens is 330 g/mol. The molecule has 1 aliphatic heterocycles. The van der Waals surface area contributed by atoms with Gasteiger partial charge in [-0.05, 0) is 17.7 Å². The van der Waals surface area contributed by atoms with E-state index in [1.165, 1.54) is 26.2 Å². The summed E-state index contributed by atoms with van der Waals surface area (Å²) < 4.78 is 0. The molecule has 9 nitrogen and oxygen atoms in total. The fourth-order valence-electron chi connectivity index (χ4n) is 2.31. The van der Waals surface area contributed by atoms with Crippen molar-refractivity contribution in [2.45, 2.75) is 12.5 Å². The normalized spacial score (nSPS) is 17.4. The van der Waals surface area contributed by atoms with E-state index >= 15 is 0 Å². The number of carboxylic acids is 1. The van der Waals surface area contributed by atoms with Crippen LogP contribution in [0.25, 0.3) is 0 Å². The fraction of sp³-hybridized carbons (Fsp3) is 0.312. The first-order chi connectivity index (χ1) is 11.7. The average Bonchev–Trinajstić information content (AvgIpc) is 2.58. The first-order valence-corrected chi connectivity index (χ1v) is 7.35. The third kappa shape index (κ3) is 3.82. The van der Waals surface area contributed by atoms with Crippen molar-refractivity contribution in [3.63, 3.8) is 0 Å². The van der Waals surface area contributed by atoms with Gasteiger partial charge < -0.3 is 10.2 Å². The molecule has 0 spiro atoms. The highest BCUT2D eigenvalue weighted by molar-refractivity contribution is 6.23. The maximum absolute atomic E-state index is 12.1. The predicted octanol–water partition coefficient (Wildman–Crippen LogP) is 0.125. The highest BCUT2D eigenvalue weighted by atomic mass is 16.4. The number of urea groups is 1. The number of aliphatic carboxylic acids is 1. The second-order valence-electron chi connectivity index (χ2n) is 5.58. The number of aromatic hydroxyl groups is 1. The van der Waals surface area contributed by atoms with Gasteiger partial charge in [-0.1, -0.05) is 12.1 Å². The van der Waals surface area contributed by atoms with Gasteiger partial charge in [0.1, 0.15) is 5.75 Å². The van der Waals surface area contributed by atoms with Crippen LogP contribution in [0.3, 0.4) is 0 Å². The van der Waals surface area contributed by atoms with Crippen molar-refractivity contribution in [3.05, 3.63) is 29.8 Å². The monoisotopic (exact) mass is 347 g/mol. The maximum atomic E-state index is 12.1. The van der Waals surface area contributed by atoms with Crippen LogP contribution in [0, 0.1) is 5.92 Å². The van der Waals surface area contributed by atoms with Crippen LogP contribution in [0.2, 0.25) is 0 Å². The van der Waals surface area contributed by atoms with Crippen molar-refractivity contribution in [1.82, 2.24) is 9.80 Å². The molecule has 0 aliphatic carbocycles. The zero-order valence-electron chi connectivity index (χ0n) is 13.6. The Balaban J connectivity index is 2.19. The standard InChI is InChI=1S/C16H17N3O6/c1-18-13(21)11(14(22)19(2)16(18)25)8-17-12(15(23)24)7-9-3-5-10(20)6-4-9/h3-6,8,11-12,20H,7H2,1-2H3,(H,23,24)/t12-/m1/s1. The number of benzene rings is 1. The van der Waals surface area contributed by atoms with E-state index in [0.717, 1.165) is 16.0 Å². The topological polar surface area (TPSA) is 128 Å². The molecule has 1 aromatic carbocycles. The number of nitrogens with zero attached hydrogens (tertiary/aromatic N) is 3. The summed E-state index contributed by atoms with van der Waals surface area (Å²) in [5.74, 6) is -4.03. The van der Waals surface area contributed by atoms with E-state index in [1.807, 2.05) is 0 Å². The van der Waals surface area contributed by atoms with E-state index in [0.29, 0.717) is 5.56 Å². The molecule has 1 atom stereocenters. The Hall–Kier alpha value is -3.23. The number of hydrogen-bond acceptors (Lipinski definition) is 6. The summed E-state index contributed by atoms with van der Waals surface area (Å²) in [6.45, 7) is 0. The Kier molecular flexibility index (Phi) is 5.16. The van der Waals surface area contributed by atoms with Crippen molar-refractivity contribution >= 4 is 30.0 Å². The summed E-state index contributed by atoms with van der Waals surface area (Å²) >= 11 is 0. The third-order valence-corrected chi connectivity index (χ3v) is 3.83. The minimum atomic E-state index is -1.34. The van der Waals surface area contributed by atoms with Crippen molar-refractivity contribution in [3.8, 4) is 5.75 Å². The summed E-state index contributed by atoms with van der Waals surface area (Å²) in [6.07, 6.45) is 0.995. The van der Waals surface area contributed by atoms with Crippen LogP contribution in [0.5, 0.6) is 5.75 Å². The van der Waals surface area contributed by atoms with Crippen LogP contribution in [-0.2, 0) is 20.8 Å². The van der Waals surface area contributed by atoms with Gasteiger partial charge in [-0.2, -0.15) is 0 Å². The Morgan fingerprint density at radius 1 is 1.16 bits per heavy atom. The van der Waals surface area contributed by atoms with Gasteiger partial charge in [0.05, 0.1) is 0 Å². The number of imide groups is 2. The Morgan fingerprint density at radius 3 is 2.16 bits per heavy atom. The van der Waals surface area contributed by atoms with Crippen molar-refractivity contribution in [2.75, 3.05) is 14.1 Å². The summed E-state index contributed by atoms with van der Waals surface area (Å²) in [5.41, 5.74) is 0.619. The predicted molar refractivity (Wildman–Crippen MR) is 86.2 cm³/mol. The molecule has 1 fully saturated rings. The average molecular weight is 347 g/mol. The number of amides is 4. The number of barbiturate groups is 1. The van der Waals surface area contributed by atoms with Crippen molar-refractivity contribution in [2.24, 2.45) is 10.9 Å². The molecule has 132 valence electrons. The molecule has 1 saturated heterocycles. The molecule has 1 aliphatic rings. The van der Waals surface area contributed by atoms with Crippen LogP contribution in [0.4, 0.5) is 4.79 Å². The summed E-state index contributed by atoms with van der Waals surface area (Å²) in [5, 5.41) is 18.5. The molecule has 1 aromatic rings. The van der Waals surface area contributed by atoms with E-state index in [9.17, 15) is 29.4 Å². The summed E-state index contributed by atoms with van der Waals surface area (Å²) in [4.78, 5) is 52.6. The minimum absolute atomic E-state index is 0.0197. The molecule has 25 heavy (non-hydrogen) atoms. The minimum Gasteiger partial charge on any atom is -0.508 e. The zero-order valence-corrected chi connectivity index (χ0v) is 13.6. The van der Waals surface area contributed by atoms with Gasteiger partial charge in [-0.15, -0.1) is 0 Å². The van der Waals surface area contributed by atoms with E-state index in [4.69, 9.17) is 0 Å². The van der Waals surface area contributed by atoms with Gasteiger partial charge in [-0.3, -0.25) is 24.4 Å². The number of rotatable bonds is 5. The summed E-state index contributed by atoms with van der Waals surface area (Å²) in [6, 6.07) is 3.98.